The molecule has 0 bridgehead atoms. The van der Waals surface area contributed by atoms with Gasteiger partial charge in [0.05, 0.1) is 24.3 Å². The Hall–Kier alpha value is -3.94. The van der Waals surface area contributed by atoms with Crippen LogP contribution in [0.1, 0.15) is 5.56 Å². The van der Waals surface area contributed by atoms with Crippen LogP contribution in [-0.4, -0.2) is 25.1 Å². The van der Waals surface area contributed by atoms with Crippen molar-refractivity contribution in [2.24, 2.45) is 5.10 Å². The van der Waals surface area contributed by atoms with Crippen LogP contribution in [0.4, 0.5) is 5.69 Å². The molecule has 8 heteroatoms. The summed E-state index contributed by atoms with van der Waals surface area (Å²) in [7, 11) is 1.52. The zero-order valence-corrected chi connectivity index (χ0v) is 14.3. The number of ether oxygens (including phenoxy) is 1. The molecule has 2 amide bonds. The lowest BCUT2D eigenvalue weighted by Crippen LogP contribution is -2.32. The Labute approximate surface area is 153 Å². The number of hydrogen-bond donors (Lipinski definition) is 2. The Kier molecular flexibility index (Phi) is 5.27. The number of fused-ring (bicyclic) bond motifs is 1. The summed E-state index contributed by atoms with van der Waals surface area (Å²) < 4.78 is 10.3. The van der Waals surface area contributed by atoms with Crippen molar-refractivity contribution in [1.29, 1.82) is 0 Å². The first kappa shape index (κ1) is 17.9. The van der Waals surface area contributed by atoms with E-state index in [0.717, 1.165) is 6.21 Å². The van der Waals surface area contributed by atoms with Crippen molar-refractivity contribution < 1.29 is 18.7 Å². The summed E-state index contributed by atoms with van der Waals surface area (Å²) in [6.45, 7) is 0. The van der Waals surface area contributed by atoms with Crippen LogP contribution in [0.25, 0.3) is 11.0 Å². The average molecular weight is 365 g/mol. The van der Waals surface area contributed by atoms with Crippen LogP contribution in [0.5, 0.6) is 5.75 Å². The lowest BCUT2D eigenvalue weighted by Gasteiger charge is -2.05. The lowest BCUT2D eigenvalue weighted by molar-refractivity contribution is -0.136. The van der Waals surface area contributed by atoms with Gasteiger partial charge in [-0.25, -0.2) is 5.43 Å². The maximum Gasteiger partial charge on any atom is 0.329 e. The van der Waals surface area contributed by atoms with Crippen LogP contribution >= 0.6 is 0 Å². The molecular weight excluding hydrogens is 350 g/mol. The third kappa shape index (κ3) is 4.18. The summed E-state index contributed by atoms with van der Waals surface area (Å²) in [6.07, 6.45) is 2.36. The zero-order chi connectivity index (χ0) is 19.2. The number of amides is 2. The van der Waals surface area contributed by atoms with Crippen LogP contribution in [0.2, 0.25) is 0 Å². The first-order chi connectivity index (χ1) is 13.1. The van der Waals surface area contributed by atoms with Crippen LogP contribution in [0.15, 0.2) is 69.1 Å². The van der Waals surface area contributed by atoms with Gasteiger partial charge in [-0.2, -0.15) is 5.10 Å². The monoisotopic (exact) mass is 365 g/mol. The molecule has 0 fully saturated rings. The lowest BCUT2D eigenvalue weighted by atomic mass is 10.2. The minimum Gasteiger partial charge on any atom is -0.497 e. The number of methoxy groups -OCH3 is 1. The van der Waals surface area contributed by atoms with Gasteiger partial charge < -0.3 is 14.5 Å². The Morgan fingerprint density at radius 1 is 1.07 bits per heavy atom. The number of para-hydroxylation sites is 1. The van der Waals surface area contributed by atoms with Crippen LogP contribution in [0, 0.1) is 0 Å². The number of hydrazone groups is 1. The van der Waals surface area contributed by atoms with E-state index < -0.39 is 11.8 Å². The first-order valence-corrected chi connectivity index (χ1v) is 7.87. The quantitative estimate of drug-likeness (QED) is 0.417. The molecule has 0 aliphatic carbocycles. The minimum atomic E-state index is -0.979. The van der Waals surface area contributed by atoms with Crippen LogP contribution in [0.3, 0.4) is 0 Å². The third-order valence-corrected chi connectivity index (χ3v) is 3.63. The van der Waals surface area contributed by atoms with Crippen LogP contribution < -0.4 is 20.9 Å². The van der Waals surface area contributed by atoms with Crippen LogP contribution in [-0.2, 0) is 9.59 Å². The third-order valence-electron chi connectivity index (χ3n) is 3.63. The predicted octanol–water partition coefficient (Wildman–Crippen LogP) is 1.89. The standard InChI is InChI=1S/C19H15N3O5/c1-26-14-8-6-13(7-9-14)21-18(24)19(25)22-20-10-12-11-27-16-5-3-2-4-15(16)17(12)23/h2-11H,1H3,(H,21,24)(H,22,25)/b20-10-. The molecule has 1 heterocycles. The molecule has 27 heavy (non-hydrogen) atoms. The SMILES string of the molecule is COc1ccc(NC(=O)C(=O)N/N=C\c2coc3ccccc3c2=O)cc1. The Morgan fingerprint density at radius 3 is 2.56 bits per heavy atom. The summed E-state index contributed by atoms with van der Waals surface area (Å²) in [4.78, 5) is 35.9. The maximum atomic E-state index is 12.3. The van der Waals surface area contributed by atoms with Gasteiger partial charge >= 0.3 is 11.8 Å². The molecule has 2 aromatic carbocycles. The summed E-state index contributed by atoms with van der Waals surface area (Å²) in [5.41, 5.74) is 2.78. The number of anilines is 1. The van der Waals surface area contributed by atoms with Crippen molar-refractivity contribution >= 4 is 34.7 Å². The highest BCUT2D eigenvalue weighted by Crippen LogP contribution is 2.14. The summed E-state index contributed by atoms with van der Waals surface area (Å²) >= 11 is 0. The molecule has 3 rings (SSSR count). The zero-order valence-electron chi connectivity index (χ0n) is 14.3. The second kappa shape index (κ2) is 7.96. The van der Waals surface area contributed by atoms with E-state index in [0.29, 0.717) is 22.4 Å². The molecule has 0 saturated carbocycles. The number of rotatable bonds is 4. The van der Waals surface area contributed by atoms with Gasteiger partial charge in [0.25, 0.3) is 0 Å². The van der Waals surface area contributed by atoms with Crippen molar-refractivity contribution in [1.82, 2.24) is 5.43 Å². The molecule has 1 aromatic heterocycles. The fourth-order valence-corrected chi connectivity index (χ4v) is 2.26. The molecule has 0 unspecified atom stereocenters. The number of benzene rings is 2. The van der Waals surface area contributed by atoms with E-state index in [2.05, 4.69) is 15.8 Å². The predicted molar refractivity (Wildman–Crippen MR) is 99.8 cm³/mol. The summed E-state index contributed by atoms with van der Waals surface area (Å²) in [6, 6.07) is 13.2. The number of nitrogens with zero attached hydrogens (tertiary/aromatic N) is 1. The van der Waals surface area contributed by atoms with E-state index in [1.54, 1.807) is 48.5 Å². The van der Waals surface area contributed by atoms with Gasteiger partial charge in [-0.3, -0.25) is 14.4 Å². The van der Waals surface area contributed by atoms with Crippen molar-refractivity contribution in [2.45, 2.75) is 0 Å². The summed E-state index contributed by atoms with van der Waals surface area (Å²) in [5.74, 6) is -1.26. The fourth-order valence-electron chi connectivity index (χ4n) is 2.26. The Bertz CT molecular complexity index is 1070. The van der Waals surface area contributed by atoms with Gasteiger partial charge in [0, 0.05) is 5.69 Å². The second-order valence-corrected chi connectivity index (χ2v) is 5.40. The van der Waals surface area contributed by atoms with E-state index in [9.17, 15) is 14.4 Å². The largest absolute Gasteiger partial charge is 0.497 e. The van der Waals surface area contributed by atoms with Gasteiger partial charge in [0.2, 0.25) is 5.43 Å². The molecule has 0 saturated heterocycles. The highest BCUT2D eigenvalue weighted by atomic mass is 16.5. The van der Waals surface area contributed by atoms with E-state index in [4.69, 9.17) is 9.15 Å². The van der Waals surface area contributed by atoms with Gasteiger partial charge in [0.1, 0.15) is 17.6 Å². The van der Waals surface area contributed by atoms with Crippen molar-refractivity contribution in [3.8, 4) is 5.75 Å². The van der Waals surface area contributed by atoms with Crippen molar-refractivity contribution in [3.05, 3.63) is 70.6 Å². The normalized spacial score (nSPS) is 10.7. The highest BCUT2D eigenvalue weighted by molar-refractivity contribution is 6.39. The fraction of sp³-hybridized carbons (Fsp3) is 0.0526. The van der Waals surface area contributed by atoms with Gasteiger partial charge in [-0.05, 0) is 36.4 Å². The Morgan fingerprint density at radius 2 is 1.81 bits per heavy atom. The molecule has 0 aliphatic heterocycles. The topological polar surface area (TPSA) is 110 Å². The average Bonchev–Trinajstić information content (AvgIpc) is 2.70. The first-order valence-electron chi connectivity index (χ1n) is 7.87. The van der Waals surface area contributed by atoms with E-state index >= 15 is 0 Å². The Balaban J connectivity index is 1.63. The molecule has 0 atom stereocenters. The maximum absolute atomic E-state index is 12.3. The highest BCUT2D eigenvalue weighted by Gasteiger charge is 2.13. The molecule has 3 aromatic rings. The number of carbonyl (C=O) groups excluding carboxylic acids is 2. The summed E-state index contributed by atoms with van der Waals surface area (Å²) in [5, 5.41) is 6.44. The van der Waals surface area contributed by atoms with E-state index in [-0.39, 0.29) is 11.0 Å². The van der Waals surface area contributed by atoms with Crippen molar-refractivity contribution in [3.63, 3.8) is 0 Å². The second-order valence-electron chi connectivity index (χ2n) is 5.40. The molecule has 136 valence electrons. The molecule has 0 radical (unpaired) electrons. The number of hydrogen-bond acceptors (Lipinski definition) is 6. The van der Waals surface area contributed by atoms with E-state index in [1.165, 1.54) is 13.4 Å². The van der Waals surface area contributed by atoms with Crippen molar-refractivity contribution in [2.75, 3.05) is 12.4 Å². The molecule has 0 spiro atoms. The van der Waals surface area contributed by atoms with Gasteiger partial charge in [0.15, 0.2) is 0 Å². The van der Waals surface area contributed by atoms with Gasteiger partial charge in [-0.1, -0.05) is 12.1 Å². The van der Waals surface area contributed by atoms with Gasteiger partial charge in [-0.15, -0.1) is 0 Å². The van der Waals surface area contributed by atoms with E-state index in [1.807, 2.05) is 0 Å². The number of carbonyl (C=O) groups is 2. The minimum absolute atomic E-state index is 0.143. The number of nitrogens with one attached hydrogen (secondary N) is 2. The smallest absolute Gasteiger partial charge is 0.329 e. The molecule has 2 N–H and O–H groups in total. The molecule has 0 aliphatic rings. The molecular formula is C19H15N3O5. The molecule has 8 nitrogen and oxygen atoms in total.